The van der Waals surface area contributed by atoms with Crippen LogP contribution in [0.3, 0.4) is 0 Å². The monoisotopic (exact) mass is 517 g/mol. The number of nitrogens with zero attached hydrogens (tertiary/aromatic N) is 5. The van der Waals surface area contributed by atoms with Gasteiger partial charge >= 0.3 is 0 Å². The summed E-state index contributed by atoms with van der Waals surface area (Å²) in [4.78, 5) is 49.9. The summed E-state index contributed by atoms with van der Waals surface area (Å²) in [6.45, 7) is 8.59. The minimum Gasteiger partial charge on any atom is -0.339 e. The van der Waals surface area contributed by atoms with E-state index in [4.69, 9.17) is 0 Å². The summed E-state index contributed by atoms with van der Waals surface area (Å²) in [5, 5.41) is 1.70. The molecular weight excluding hydrogens is 478 g/mol. The first-order valence-corrected chi connectivity index (χ1v) is 14.4. The largest absolute Gasteiger partial charge is 0.339 e. The Bertz CT molecular complexity index is 1140. The van der Waals surface area contributed by atoms with Crippen LogP contribution in [0.5, 0.6) is 0 Å². The molecule has 0 radical (unpaired) electrons. The molecule has 0 N–H and O–H groups in total. The molecule has 6 rings (SSSR count). The van der Waals surface area contributed by atoms with Crippen molar-refractivity contribution >= 4 is 28.5 Å². The summed E-state index contributed by atoms with van der Waals surface area (Å²) in [7, 11) is 0. The highest BCUT2D eigenvalue weighted by Crippen LogP contribution is 2.30. The second-order valence-corrected chi connectivity index (χ2v) is 11.3. The average Bonchev–Trinajstić information content (AvgIpc) is 2.97. The molecule has 3 aliphatic heterocycles. The van der Waals surface area contributed by atoms with Crippen molar-refractivity contribution in [2.24, 2.45) is 0 Å². The third kappa shape index (κ3) is 5.09. The topological polar surface area (TPSA) is 67.4 Å². The fourth-order valence-electron chi connectivity index (χ4n) is 6.77. The summed E-state index contributed by atoms with van der Waals surface area (Å²) in [5.41, 5.74) is 1.22. The fraction of sp³-hybridized carbons (Fsp3) is 0.567. The number of hydrogen-bond donors (Lipinski definition) is 0. The van der Waals surface area contributed by atoms with Crippen LogP contribution < -0.4 is 0 Å². The van der Waals surface area contributed by atoms with E-state index < -0.39 is 0 Å². The zero-order chi connectivity index (χ0) is 26.1. The van der Waals surface area contributed by atoms with Crippen LogP contribution in [0.4, 0.5) is 0 Å². The van der Waals surface area contributed by atoms with E-state index in [0.29, 0.717) is 30.8 Å². The Kier molecular flexibility index (Phi) is 7.45. The lowest BCUT2D eigenvalue weighted by Gasteiger charge is -2.41. The molecule has 0 spiro atoms. The highest BCUT2D eigenvalue weighted by Gasteiger charge is 2.33. The molecule has 3 heterocycles. The maximum Gasteiger partial charge on any atom is 0.261 e. The van der Waals surface area contributed by atoms with E-state index in [1.807, 2.05) is 36.4 Å². The van der Waals surface area contributed by atoms with Crippen molar-refractivity contribution in [1.82, 2.24) is 24.5 Å². The maximum absolute atomic E-state index is 13.2. The number of carbonyl (C=O) groups excluding carboxylic acids is 3. The van der Waals surface area contributed by atoms with Gasteiger partial charge in [0.1, 0.15) is 0 Å². The van der Waals surface area contributed by atoms with Crippen molar-refractivity contribution in [3.8, 4) is 0 Å². The molecule has 4 aliphatic rings. The van der Waals surface area contributed by atoms with Gasteiger partial charge in [-0.05, 0) is 30.4 Å². The van der Waals surface area contributed by atoms with Crippen LogP contribution in [0.15, 0.2) is 36.4 Å². The maximum atomic E-state index is 13.2. The third-order valence-electron chi connectivity index (χ3n) is 9.08. The number of rotatable bonds is 6. The first kappa shape index (κ1) is 25.5. The van der Waals surface area contributed by atoms with E-state index in [1.165, 1.54) is 37.0 Å². The fourth-order valence-corrected chi connectivity index (χ4v) is 6.77. The molecule has 0 bridgehead atoms. The number of benzene rings is 2. The third-order valence-corrected chi connectivity index (χ3v) is 9.08. The van der Waals surface area contributed by atoms with E-state index in [9.17, 15) is 14.4 Å². The van der Waals surface area contributed by atoms with E-state index in [1.54, 1.807) is 0 Å². The van der Waals surface area contributed by atoms with Crippen LogP contribution in [-0.2, 0) is 4.79 Å². The molecule has 2 saturated heterocycles. The van der Waals surface area contributed by atoms with Crippen LogP contribution in [0.1, 0.15) is 52.8 Å². The summed E-state index contributed by atoms with van der Waals surface area (Å²) in [6.07, 6.45) is 6.72. The van der Waals surface area contributed by atoms with Gasteiger partial charge in [0.2, 0.25) is 5.91 Å². The van der Waals surface area contributed by atoms with E-state index in [2.05, 4.69) is 19.6 Å². The molecule has 2 aromatic carbocycles. The standard InChI is InChI=1S/C30H39N5O3/c36-27(34-19-17-33(18-20-34)24-8-2-1-3-9-24)22-32-14-12-31(13-15-32)16-21-35-29(37)25-10-4-6-23-7-5-11-26(28(23)25)30(35)38/h4-7,10-11,24H,1-3,8-9,12-22H2. The number of hydrogen-bond acceptors (Lipinski definition) is 6. The Balaban J connectivity index is 0.956. The SMILES string of the molecule is O=C(CN1CCN(CCN2C(=O)c3cccc4cccc(c34)C2=O)CC1)N1CCN(C2CCCCC2)CC1. The van der Waals surface area contributed by atoms with Crippen LogP contribution in [-0.4, -0.2) is 120 Å². The molecular formula is C30H39N5O3. The Hall–Kier alpha value is -2.81. The molecule has 2 aromatic rings. The molecule has 1 aliphatic carbocycles. The molecule has 38 heavy (non-hydrogen) atoms. The van der Waals surface area contributed by atoms with Crippen molar-refractivity contribution in [3.63, 3.8) is 0 Å². The minimum absolute atomic E-state index is 0.202. The summed E-state index contributed by atoms with van der Waals surface area (Å²) < 4.78 is 0. The van der Waals surface area contributed by atoms with Gasteiger partial charge in [-0.3, -0.25) is 34.0 Å². The van der Waals surface area contributed by atoms with Crippen LogP contribution in [0, 0.1) is 0 Å². The lowest BCUT2D eigenvalue weighted by molar-refractivity contribution is -0.135. The highest BCUT2D eigenvalue weighted by molar-refractivity contribution is 6.25. The lowest BCUT2D eigenvalue weighted by Crippen LogP contribution is -2.55. The summed E-state index contributed by atoms with van der Waals surface area (Å²) in [6, 6.07) is 12.0. The molecule has 3 amide bonds. The number of carbonyl (C=O) groups is 3. The smallest absolute Gasteiger partial charge is 0.261 e. The van der Waals surface area contributed by atoms with Gasteiger partial charge in [0, 0.05) is 88.0 Å². The van der Waals surface area contributed by atoms with Crippen LogP contribution in [0.2, 0.25) is 0 Å². The van der Waals surface area contributed by atoms with Crippen molar-refractivity contribution < 1.29 is 14.4 Å². The normalized spacial score (nSPS) is 22.4. The molecule has 8 nitrogen and oxygen atoms in total. The van der Waals surface area contributed by atoms with Gasteiger partial charge in [-0.25, -0.2) is 0 Å². The van der Waals surface area contributed by atoms with E-state index in [-0.39, 0.29) is 17.7 Å². The summed E-state index contributed by atoms with van der Waals surface area (Å²) in [5.74, 6) is -0.154. The van der Waals surface area contributed by atoms with Crippen molar-refractivity contribution in [2.45, 2.75) is 38.1 Å². The van der Waals surface area contributed by atoms with Gasteiger partial charge < -0.3 is 4.90 Å². The van der Waals surface area contributed by atoms with Gasteiger partial charge in [0.15, 0.2) is 0 Å². The van der Waals surface area contributed by atoms with Gasteiger partial charge in [0.05, 0.1) is 6.54 Å². The van der Waals surface area contributed by atoms with Crippen molar-refractivity contribution in [1.29, 1.82) is 0 Å². The number of imide groups is 1. The van der Waals surface area contributed by atoms with Gasteiger partial charge in [-0.1, -0.05) is 43.5 Å². The number of amides is 3. The molecule has 0 atom stereocenters. The molecule has 1 saturated carbocycles. The van der Waals surface area contributed by atoms with Crippen molar-refractivity contribution in [2.75, 3.05) is 72.0 Å². The average molecular weight is 518 g/mol. The first-order valence-electron chi connectivity index (χ1n) is 14.4. The number of piperazine rings is 2. The van der Waals surface area contributed by atoms with E-state index in [0.717, 1.165) is 69.2 Å². The Labute approximate surface area is 225 Å². The Morgan fingerprint density at radius 2 is 1.32 bits per heavy atom. The minimum atomic E-state index is -0.202. The predicted octanol–water partition coefficient (Wildman–Crippen LogP) is 2.53. The van der Waals surface area contributed by atoms with Gasteiger partial charge in [0.25, 0.3) is 11.8 Å². The Morgan fingerprint density at radius 1 is 0.711 bits per heavy atom. The second-order valence-electron chi connectivity index (χ2n) is 11.3. The van der Waals surface area contributed by atoms with Crippen molar-refractivity contribution in [3.05, 3.63) is 47.5 Å². The van der Waals surface area contributed by atoms with Gasteiger partial charge in [-0.15, -0.1) is 0 Å². The van der Waals surface area contributed by atoms with Gasteiger partial charge in [-0.2, -0.15) is 0 Å². The lowest BCUT2D eigenvalue weighted by atomic mass is 9.94. The molecule has 3 fully saturated rings. The molecule has 0 unspecified atom stereocenters. The molecule has 202 valence electrons. The zero-order valence-corrected chi connectivity index (χ0v) is 22.3. The highest BCUT2D eigenvalue weighted by atomic mass is 16.2. The van der Waals surface area contributed by atoms with Crippen LogP contribution >= 0.6 is 0 Å². The predicted molar refractivity (Wildman–Crippen MR) is 147 cm³/mol. The first-order chi connectivity index (χ1) is 18.6. The van der Waals surface area contributed by atoms with Crippen LogP contribution in [0.25, 0.3) is 10.8 Å². The molecule has 8 heteroatoms. The molecule has 0 aromatic heterocycles. The second kappa shape index (κ2) is 11.1. The summed E-state index contributed by atoms with van der Waals surface area (Å²) >= 11 is 0. The Morgan fingerprint density at radius 3 is 1.95 bits per heavy atom. The van der Waals surface area contributed by atoms with E-state index >= 15 is 0 Å². The zero-order valence-electron chi connectivity index (χ0n) is 22.3. The quantitative estimate of drug-likeness (QED) is 0.549.